The van der Waals surface area contributed by atoms with E-state index in [1.54, 1.807) is 0 Å². The van der Waals surface area contributed by atoms with Gasteiger partial charge in [0, 0.05) is 6.54 Å². The van der Waals surface area contributed by atoms with Crippen LogP contribution in [0.5, 0.6) is 0 Å². The molecular weight excluding hydrogens is 280 g/mol. The zero-order valence-corrected chi connectivity index (χ0v) is 13.8. The van der Waals surface area contributed by atoms with Crippen molar-refractivity contribution in [1.82, 2.24) is 0 Å². The SMILES string of the molecule is CC1CCC(CNc2ccccc2NC(=O)OC(C)(C)C)O1. The first-order valence-electron chi connectivity index (χ1n) is 7.82. The number of hydrogen-bond donors (Lipinski definition) is 2. The molecule has 0 spiro atoms. The maximum atomic E-state index is 11.9. The molecule has 22 heavy (non-hydrogen) atoms. The van der Waals surface area contributed by atoms with E-state index in [1.807, 2.05) is 45.0 Å². The molecule has 2 unspecified atom stereocenters. The first-order valence-corrected chi connectivity index (χ1v) is 7.82. The Balaban J connectivity index is 1.93. The second-order valence-electron chi connectivity index (χ2n) is 6.70. The average Bonchev–Trinajstić information content (AvgIpc) is 2.81. The fourth-order valence-corrected chi connectivity index (χ4v) is 2.42. The first-order chi connectivity index (χ1) is 10.3. The topological polar surface area (TPSA) is 59.6 Å². The summed E-state index contributed by atoms with van der Waals surface area (Å²) in [7, 11) is 0. The van der Waals surface area contributed by atoms with Gasteiger partial charge < -0.3 is 14.8 Å². The smallest absolute Gasteiger partial charge is 0.412 e. The minimum Gasteiger partial charge on any atom is -0.444 e. The van der Waals surface area contributed by atoms with E-state index in [0.717, 1.165) is 25.1 Å². The van der Waals surface area contributed by atoms with Gasteiger partial charge in [0.2, 0.25) is 0 Å². The number of nitrogens with one attached hydrogen (secondary N) is 2. The molecule has 0 saturated carbocycles. The Hall–Kier alpha value is -1.75. The molecule has 1 aliphatic heterocycles. The van der Waals surface area contributed by atoms with Crippen LogP contribution in [-0.4, -0.2) is 30.4 Å². The number of hydrogen-bond acceptors (Lipinski definition) is 4. The fraction of sp³-hybridized carbons (Fsp3) is 0.588. The van der Waals surface area contributed by atoms with Crippen molar-refractivity contribution >= 4 is 17.5 Å². The maximum absolute atomic E-state index is 11.9. The van der Waals surface area contributed by atoms with Gasteiger partial charge in [-0.3, -0.25) is 5.32 Å². The average molecular weight is 306 g/mol. The number of anilines is 2. The second-order valence-corrected chi connectivity index (χ2v) is 6.70. The molecule has 0 radical (unpaired) electrons. The number of benzene rings is 1. The van der Waals surface area contributed by atoms with Crippen molar-refractivity contribution in [3.63, 3.8) is 0 Å². The molecule has 1 aromatic rings. The van der Waals surface area contributed by atoms with Crippen molar-refractivity contribution < 1.29 is 14.3 Å². The van der Waals surface area contributed by atoms with E-state index in [2.05, 4.69) is 17.6 Å². The Kier molecular flexibility index (Phi) is 5.29. The third kappa shape index (κ3) is 5.22. The Morgan fingerprint density at radius 3 is 2.55 bits per heavy atom. The molecule has 122 valence electrons. The molecule has 2 N–H and O–H groups in total. The third-order valence-corrected chi connectivity index (χ3v) is 3.40. The van der Waals surface area contributed by atoms with Crippen molar-refractivity contribution in [2.24, 2.45) is 0 Å². The summed E-state index contributed by atoms with van der Waals surface area (Å²) < 4.78 is 11.1. The Morgan fingerprint density at radius 1 is 1.27 bits per heavy atom. The molecule has 1 saturated heterocycles. The van der Waals surface area contributed by atoms with Crippen LogP contribution in [0.4, 0.5) is 16.2 Å². The van der Waals surface area contributed by atoms with Gasteiger partial charge in [-0.05, 0) is 52.7 Å². The third-order valence-electron chi connectivity index (χ3n) is 3.40. The zero-order chi connectivity index (χ0) is 16.2. The van der Waals surface area contributed by atoms with Gasteiger partial charge in [0.05, 0.1) is 23.6 Å². The lowest BCUT2D eigenvalue weighted by atomic mass is 10.2. The summed E-state index contributed by atoms with van der Waals surface area (Å²) in [6, 6.07) is 7.60. The first kappa shape index (κ1) is 16.6. The van der Waals surface area contributed by atoms with Gasteiger partial charge in [0.15, 0.2) is 0 Å². The van der Waals surface area contributed by atoms with Gasteiger partial charge in [-0.25, -0.2) is 4.79 Å². The van der Waals surface area contributed by atoms with Gasteiger partial charge >= 0.3 is 6.09 Å². The van der Waals surface area contributed by atoms with Crippen LogP contribution in [0.1, 0.15) is 40.5 Å². The molecule has 5 heteroatoms. The summed E-state index contributed by atoms with van der Waals surface area (Å²) in [5.41, 5.74) is 1.07. The molecule has 2 atom stereocenters. The normalized spacial score (nSPS) is 21.5. The number of ether oxygens (including phenoxy) is 2. The molecular formula is C17H26N2O3. The molecule has 5 nitrogen and oxygen atoms in total. The predicted molar refractivity (Wildman–Crippen MR) is 88.4 cm³/mol. The zero-order valence-electron chi connectivity index (χ0n) is 13.8. The van der Waals surface area contributed by atoms with Crippen LogP contribution >= 0.6 is 0 Å². The quantitative estimate of drug-likeness (QED) is 0.882. The summed E-state index contributed by atoms with van der Waals surface area (Å²) >= 11 is 0. The van der Waals surface area contributed by atoms with Crippen LogP contribution in [0.2, 0.25) is 0 Å². The van der Waals surface area contributed by atoms with Crippen LogP contribution in [0, 0.1) is 0 Å². The van der Waals surface area contributed by atoms with E-state index >= 15 is 0 Å². The van der Waals surface area contributed by atoms with Crippen molar-refractivity contribution in [2.75, 3.05) is 17.2 Å². The number of carbonyl (C=O) groups excluding carboxylic acids is 1. The largest absolute Gasteiger partial charge is 0.444 e. The highest BCUT2D eigenvalue weighted by Gasteiger charge is 2.22. The van der Waals surface area contributed by atoms with Crippen molar-refractivity contribution in [2.45, 2.75) is 58.3 Å². The van der Waals surface area contributed by atoms with Gasteiger partial charge in [0.1, 0.15) is 5.60 Å². The van der Waals surface area contributed by atoms with Crippen LogP contribution in [0.3, 0.4) is 0 Å². The van der Waals surface area contributed by atoms with Crippen molar-refractivity contribution in [3.8, 4) is 0 Å². The van der Waals surface area contributed by atoms with E-state index < -0.39 is 11.7 Å². The van der Waals surface area contributed by atoms with Crippen LogP contribution in [-0.2, 0) is 9.47 Å². The summed E-state index contributed by atoms with van der Waals surface area (Å²) in [5.74, 6) is 0. The number of rotatable bonds is 4. The molecule has 0 aliphatic carbocycles. The van der Waals surface area contributed by atoms with Gasteiger partial charge in [-0.15, -0.1) is 0 Å². The Morgan fingerprint density at radius 2 is 1.95 bits per heavy atom. The Bertz CT molecular complexity index is 511. The lowest BCUT2D eigenvalue weighted by Crippen LogP contribution is -2.27. The van der Waals surface area contributed by atoms with Crippen molar-refractivity contribution in [1.29, 1.82) is 0 Å². The molecule has 2 rings (SSSR count). The van der Waals surface area contributed by atoms with Crippen LogP contribution < -0.4 is 10.6 Å². The highest BCUT2D eigenvalue weighted by Crippen LogP contribution is 2.24. The maximum Gasteiger partial charge on any atom is 0.412 e. The minimum atomic E-state index is -0.514. The molecule has 1 aliphatic rings. The van der Waals surface area contributed by atoms with Gasteiger partial charge in [-0.1, -0.05) is 12.1 Å². The minimum absolute atomic E-state index is 0.226. The number of amides is 1. The monoisotopic (exact) mass is 306 g/mol. The van der Waals surface area contributed by atoms with E-state index in [9.17, 15) is 4.79 Å². The Labute approximate surface area is 132 Å². The molecule has 1 amide bonds. The van der Waals surface area contributed by atoms with Crippen molar-refractivity contribution in [3.05, 3.63) is 24.3 Å². The molecule has 1 fully saturated rings. The number of para-hydroxylation sites is 2. The summed E-state index contributed by atoms with van der Waals surface area (Å²) in [5, 5.41) is 6.14. The van der Waals surface area contributed by atoms with E-state index in [-0.39, 0.29) is 6.10 Å². The lowest BCUT2D eigenvalue weighted by Gasteiger charge is -2.21. The lowest BCUT2D eigenvalue weighted by molar-refractivity contribution is 0.0634. The molecule has 1 aromatic carbocycles. The van der Waals surface area contributed by atoms with E-state index in [1.165, 1.54) is 0 Å². The predicted octanol–water partition coefficient (Wildman–Crippen LogP) is 4.01. The van der Waals surface area contributed by atoms with Gasteiger partial charge in [-0.2, -0.15) is 0 Å². The fourth-order valence-electron chi connectivity index (χ4n) is 2.42. The summed E-state index contributed by atoms with van der Waals surface area (Å²) in [6.45, 7) is 8.36. The molecule has 0 bridgehead atoms. The molecule has 1 heterocycles. The van der Waals surface area contributed by atoms with E-state index in [4.69, 9.17) is 9.47 Å². The van der Waals surface area contributed by atoms with Gasteiger partial charge in [0.25, 0.3) is 0 Å². The second kappa shape index (κ2) is 7.01. The highest BCUT2D eigenvalue weighted by molar-refractivity contribution is 5.89. The standard InChI is InChI=1S/C17H26N2O3/c1-12-9-10-13(21-12)11-18-14-7-5-6-8-15(14)19-16(20)22-17(2,3)4/h5-8,12-13,18H,9-11H2,1-4H3,(H,19,20). The molecule has 0 aromatic heterocycles. The summed E-state index contributed by atoms with van der Waals surface area (Å²) in [6.07, 6.45) is 2.28. The van der Waals surface area contributed by atoms with Crippen LogP contribution in [0.25, 0.3) is 0 Å². The number of carbonyl (C=O) groups is 1. The summed E-state index contributed by atoms with van der Waals surface area (Å²) in [4.78, 5) is 11.9. The highest BCUT2D eigenvalue weighted by atomic mass is 16.6. The van der Waals surface area contributed by atoms with Crippen LogP contribution in [0.15, 0.2) is 24.3 Å². The van der Waals surface area contributed by atoms with E-state index in [0.29, 0.717) is 11.8 Å².